The molecule has 10 heteroatoms. The molecule has 8 nitrogen and oxygen atoms in total. The molecule has 1 heterocycles. The van der Waals surface area contributed by atoms with Crippen molar-refractivity contribution in [2.45, 2.75) is 86.3 Å². The number of allylic oxidation sites excluding steroid dienone is 1. The molecule has 1 aliphatic carbocycles. The number of aliphatic imine (C=N–C) groups is 1. The van der Waals surface area contributed by atoms with Gasteiger partial charge in [-0.1, -0.05) is 34.3 Å². The molecule has 196 valence electrons. The van der Waals surface area contributed by atoms with Crippen LogP contribution in [-0.4, -0.2) is 51.2 Å². The lowest BCUT2D eigenvalue weighted by Gasteiger charge is -2.18. The van der Waals surface area contributed by atoms with Crippen molar-refractivity contribution < 1.29 is 18.8 Å². The van der Waals surface area contributed by atoms with Gasteiger partial charge < -0.3 is 15.6 Å². The lowest BCUT2D eigenvalue weighted by atomic mass is 9.98. The van der Waals surface area contributed by atoms with Gasteiger partial charge in [-0.25, -0.2) is 9.78 Å². The van der Waals surface area contributed by atoms with Crippen LogP contribution >= 0.6 is 11.3 Å². The highest BCUT2D eigenvalue weighted by atomic mass is 32.2. The minimum Gasteiger partial charge on any atom is -0.444 e. The highest BCUT2D eigenvalue weighted by Crippen LogP contribution is 2.31. The van der Waals surface area contributed by atoms with Crippen molar-refractivity contribution in [1.29, 1.82) is 0 Å². The number of nitrogens with one attached hydrogen (secondary N) is 1. The van der Waals surface area contributed by atoms with Crippen molar-refractivity contribution in [2.75, 3.05) is 18.7 Å². The number of amidine groups is 1. The Hall–Kier alpha value is -2.04. The van der Waals surface area contributed by atoms with E-state index in [1.807, 2.05) is 55.4 Å². The Balaban J connectivity index is 0. The quantitative estimate of drug-likeness (QED) is 0.280. The zero-order valence-electron chi connectivity index (χ0n) is 22.4. The van der Waals surface area contributed by atoms with Crippen molar-refractivity contribution in [3.05, 3.63) is 33.7 Å². The first-order valence-corrected chi connectivity index (χ1v) is 13.8. The molecule has 1 aliphatic rings. The van der Waals surface area contributed by atoms with Gasteiger partial charge in [0.15, 0.2) is 5.13 Å². The fourth-order valence-electron chi connectivity index (χ4n) is 2.61. The van der Waals surface area contributed by atoms with Crippen LogP contribution in [0.5, 0.6) is 0 Å². The van der Waals surface area contributed by atoms with E-state index in [2.05, 4.69) is 21.9 Å². The van der Waals surface area contributed by atoms with Crippen LogP contribution in [0.1, 0.15) is 72.4 Å². The second-order valence-corrected chi connectivity index (χ2v) is 10.2. The molecule has 34 heavy (non-hydrogen) atoms. The van der Waals surface area contributed by atoms with Gasteiger partial charge in [-0.3, -0.25) is 14.5 Å². The number of carbonyl (C=O) groups excluding carboxylic acids is 1. The number of rotatable bonds is 5. The Kier molecular flexibility index (Phi) is 17.5. The Bertz CT molecular complexity index is 856. The molecule has 0 spiro atoms. The lowest BCUT2D eigenvalue weighted by Crippen LogP contribution is -2.27. The molecule has 0 saturated heterocycles. The van der Waals surface area contributed by atoms with E-state index in [-0.39, 0.29) is 6.04 Å². The summed E-state index contributed by atoms with van der Waals surface area (Å²) in [6.07, 6.45) is 5.10. The summed E-state index contributed by atoms with van der Waals surface area (Å²) in [5.74, 6) is 0.427. The zero-order chi connectivity index (χ0) is 27.1. The van der Waals surface area contributed by atoms with Gasteiger partial charge in [0.2, 0.25) is 0 Å². The maximum Gasteiger partial charge on any atom is 0.413 e. The smallest absolute Gasteiger partial charge is 0.413 e. The van der Waals surface area contributed by atoms with Crippen LogP contribution in [0.3, 0.4) is 0 Å². The lowest BCUT2D eigenvalue weighted by molar-refractivity contribution is 0.0636. The summed E-state index contributed by atoms with van der Waals surface area (Å²) in [6.45, 7) is 19.0. The summed E-state index contributed by atoms with van der Waals surface area (Å²) in [5, 5.41) is 10.2. The first-order valence-electron chi connectivity index (χ1n) is 11.4. The van der Waals surface area contributed by atoms with Gasteiger partial charge in [-0.15, -0.1) is 11.3 Å². The Labute approximate surface area is 212 Å². The predicted molar refractivity (Wildman–Crippen MR) is 147 cm³/mol. The molecule has 2 unspecified atom stereocenters. The first-order chi connectivity index (χ1) is 15.9. The third kappa shape index (κ3) is 13.0. The van der Waals surface area contributed by atoms with Gasteiger partial charge in [0.05, 0.1) is 11.7 Å². The molecular formula is C24H44N4O4S2. The number of anilines is 1. The van der Waals surface area contributed by atoms with Crippen molar-refractivity contribution in [2.24, 2.45) is 10.7 Å². The van der Waals surface area contributed by atoms with Gasteiger partial charge in [0.1, 0.15) is 11.4 Å². The second kappa shape index (κ2) is 17.4. The van der Waals surface area contributed by atoms with Crippen LogP contribution in [0.15, 0.2) is 28.1 Å². The Morgan fingerprint density at radius 3 is 2.38 bits per heavy atom. The number of aryl methyl sites for hydroxylation is 1. The third-order valence-corrected chi connectivity index (χ3v) is 5.89. The van der Waals surface area contributed by atoms with Crippen molar-refractivity contribution >= 4 is 39.2 Å². The maximum absolute atomic E-state index is 11.9. The van der Waals surface area contributed by atoms with Gasteiger partial charge >= 0.3 is 6.09 Å². The molecule has 0 aromatic carbocycles. The Morgan fingerprint density at radius 2 is 1.88 bits per heavy atom. The van der Waals surface area contributed by atoms with Crippen LogP contribution < -0.4 is 11.1 Å². The number of hydrogen-bond acceptors (Lipinski definition) is 7. The summed E-state index contributed by atoms with van der Waals surface area (Å²) < 4.78 is 16.7. The highest BCUT2D eigenvalue weighted by Gasteiger charge is 2.24. The van der Waals surface area contributed by atoms with E-state index in [1.54, 1.807) is 12.3 Å². The molecule has 0 bridgehead atoms. The fraction of sp³-hybridized carbons (Fsp3) is 0.625. The molecule has 0 fully saturated rings. The summed E-state index contributed by atoms with van der Waals surface area (Å²) in [6, 6.07) is 0.0473. The molecule has 1 aromatic heterocycles. The van der Waals surface area contributed by atoms with Crippen LogP contribution in [0.4, 0.5) is 9.93 Å². The Morgan fingerprint density at radius 1 is 1.32 bits per heavy atom. The highest BCUT2D eigenvalue weighted by molar-refractivity contribution is 7.88. The largest absolute Gasteiger partial charge is 0.444 e. The van der Waals surface area contributed by atoms with E-state index >= 15 is 0 Å². The van der Waals surface area contributed by atoms with E-state index in [0.29, 0.717) is 15.9 Å². The molecule has 2 atom stereocenters. The topological polar surface area (TPSA) is 127 Å². The molecule has 4 N–H and O–H groups in total. The molecule has 2 rings (SSSR count). The number of amides is 1. The second-order valence-electron chi connectivity index (χ2n) is 7.67. The normalized spacial score (nSPS) is 16.1. The fourth-order valence-corrected chi connectivity index (χ4v) is 4.02. The minimum absolute atomic E-state index is 0.0473. The number of ether oxygens (including phenoxy) is 1. The summed E-state index contributed by atoms with van der Waals surface area (Å²) in [7, 11) is -0.126. The number of aromatic nitrogens is 1. The van der Waals surface area contributed by atoms with Crippen LogP contribution in [-0.2, 0) is 28.4 Å². The number of hydrogen-bond donors (Lipinski definition) is 3. The van der Waals surface area contributed by atoms with Crippen molar-refractivity contribution in [1.82, 2.24) is 4.98 Å². The van der Waals surface area contributed by atoms with Gasteiger partial charge in [0.25, 0.3) is 0 Å². The zero-order valence-corrected chi connectivity index (χ0v) is 24.1. The maximum atomic E-state index is 11.9. The number of aliphatic hydroxyl groups is 1. The molecule has 0 radical (unpaired) electrons. The molecule has 0 saturated carbocycles. The molecule has 1 amide bonds. The predicted octanol–water partition coefficient (Wildman–Crippen LogP) is 5.20. The molecule has 0 aliphatic heterocycles. The van der Waals surface area contributed by atoms with E-state index in [0.717, 1.165) is 42.5 Å². The number of carbonyl (C=O) groups is 1. The van der Waals surface area contributed by atoms with Gasteiger partial charge in [0, 0.05) is 40.4 Å². The van der Waals surface area contributed by atoms with Gasteiger partial charge in [-0.05, 0) is 52.2 Å². The average Bonchev–Trinajstić information content (AvgIpc) is 3.17. The SMILES string of the molecule is C=C(/C=C(\C)C(N)=NC1CCc2nc(NC(=O)OC(C)(C)C)sc2C1)S(C)=O.CC.CC.CO. The molecule has 1 aromatic rings. The number of aliphatic hydroxyl groups excluding tert-OH is 1. The van der Waals surface area contributed by atoms with Crippen molar-refractivity contribution in [3.8, 4) is 0 Å². The van der Waals surface area contributed by atoms with Gasteiger partial charge in [-0.2, -0.15) is 0 Å². The minimum atomic E-state index is -1.13. The van der Waals surface area contributed by atoms with Crippen LogP contribution in [0.2, 0.25) is 0 Å². The summed E-state index contributed by atoms with van der Waals surface area (Å²) in [4.78, 5) is 22.7. The number of nitrogens with two attached hydrogens (primary N) is 1. The van der Waals surface area contributed by atoms with Crippen LogP contribution in [0.25, 0.3) is 0 Å². The monoisotopic (exact) mass is 516 g/mol. The number of nitrogens with zero attached hydrogens (tertiary/aromatic N) is 2. The van der Waals surface area contributed by atoms with E-state index in [4.69, 9.17) is 15.6 Å². The van der Waals surface area contributed by atoms with Crippen molar-refractivity contribution in [3.63, 3.8) is 0 Å². The first kappa shape index (κ1) is 34.1. The average molecular weight is 517 g/mol. The van der Waals surface area contributed by atoms with Crippen LogP contribution in [0, 0.1) is 0 Å². The standard InChI is InChI=1S/C19H28N4O3S2.2C2H6.CH4O/c1-11(9-12(2)28(6)25)16(20)21-13-7-8-14-15(10-13)27-17(22-14)23-18(24)26-19(3,4)5;3*1-2/h9,13H,2,7-8,10H2,1,3-6H3,(H2,20,21)(H,22,23,24);2*1-2H3;2H,1H3/b11-9+;;;. The number of thiazole rings is 1. The summed E-state index contributed by atoms with van der Waals surface area (Å²) in [5.41, 5.74) is 7.29. The van der Waals surface area contributed by atoms with E-state index in [1.165, 1.54) is 11.3 Å². The van der Waals surface area contributed by atoms with E-state index in [9.17, 15) is 9.00 Å². The molecular weight excluding hydrogens is 472 g/mol. The number of fused-ring (bicyclic) bond motifs is 1. The third-order valence-electron chi connectivity index (χ3n) is 3.99. The van der Waals surface area contributed by atoms with E-state index < -0.39 is 22.5 Å². The summed E-state index contributed by atoms with van der Waals surface area (Å²) >= 11 is 1.44.